The number of fused-ring (bicyclic) bond motifs is 1. The lowest BCUT2D eigenvalue weighted by Gasteiger charge is -1.96. The molecule has 76 valence electrons. The summed E-state index contributed by atoms with van der Waals surface area (Å²) in [5.41, 5.74) is 1.05. The molecule has 0 fully saturated rings. The zero-order valence-electron chi connectivity index (χ0n) is 9.00. The Kier molecular flexibility index (Phi) is 3.89. The van der Waals surface area contributed by atoms with E-state index in [2.05, 4.69) is 18.0 Å². The first-order valence-corrected chi connectivity index (χ1v) is 5.51. The van der Waals surface area contributed by atoms with Crippen LogP contribution in [0.5, 0.6) is 5.75 Å². The number of nitrogens with zero attached hydrogens (tertiary/aromatic N) is 1. The largest absolute Gasteiger partial charge is 0.495 e. The Morgan fingerprint density at radius 2 is 2.00 bits per heavy atom. The van der Waals surface area contributed by atoms with E-state index in [0.29, 0.717) is 0 Å². The van der Waals surface area contributed by atoms with Crippen molar-refractivity contribution in [3.05, 3.63) is 23.2 Å². The molecular weight excluding hydrogens is 194 g/mol. The molecular formula is C11H15NOS. The van der Waals surface area contributed by atoms with Gasteiger partial charge in [0, 0.05) is 10.9 Å². The number of rotatable bonds is 1. The van der Waals surface area contributed by atoms with Gasteiger partial charge in [-0.2, -0.15) is 0 Å². The van der Waals surface area contributed by atoms with E-state index >= 15 is 0 Å². The number of aromatic nitrogens is 1. The SMILES string of the molecule is CC.COc1cnc2cc(C)sc2c1. The lowest BCUT2D eigenvalue weighted by molar-refractivity contribution is 0.414. The van der Waals surface area contributed by atoms with Crippen molar-refractivity contribution >= 4 is 21.6 Å². The number of methoxy groups -OCH3 is 1. The predicted molar refractivity (Wildman–Crippen MR) is 62.3 cm³/mol. The average Bonchev–Trinajstić information content (AvgIpc) is 2.59. The maximum absolute atomic E-state index is 5.08. The molecule has 0 aliphatic rings. The number of aryl methyl sites for hydroxylation is 1. The Morgan fingerprint density at radius 1 is 1.29 bits per heavy atom. The summed E-state index contributed by atoms with van der Waals surface area (Å²) in [6.07, 6.45) is 1.74. The van der Waals surface area contributed by atoms with Crippen LogP contribution in [0.1, 0.15) is 18.7 Å². The number of hydrogen-bond acceptors (Lipinski definition) is 3. The highest BCUT2D eigenvalue weighted by molar-refractivity contribution is 7.18. The molecule has 2 aromatic heterocycles. The van der Waals surface area contributed by atoms with E-state index in [1.54, 1.807) is 24.6 Å². The summed E-state index contributed by atoms with van der Waals surface area (Å²) in [6.45, 7) is 6.08. The molecule has 0 amide bonds. The molecule has 3 heteroatoms. The molecule has 0 radical (unpaired) electrons. The Hall–Kier alpha value is -1.09. The minimum atomic E-state index is 0.823. The second-order valence-corrected chi connectivity index (χ2v) is 3.90. The van der Waals surface area contributed by atoms with Crippen LogP contribution in [0.2, 0.25) is 0 Å². The molecule has 2 rings (SSSR count). The van der Waals surface area contributed by atoms with E-state index in [4.69, 9.17) is 4.74 Å². The predicted octanol–water partition coefficient (Wildman–Crippen LogP) is 3.64. The van der Waals surface area contributed by atoms with Gasteiger partial charge in [-0.05, 0) is 13.0 Å². The van der Waals surface area contributed by atoms with Gasteiger partial charge in [0.15, 0.2) is 0 Å². The summed E-state index contributed by atoms with van der Waals surface area (Å²) < 4.78 is 6.26. The van der Waals surface area contributed by atoms with Crippen LogP contribution >= 0.6 is 11.3 Å². The van der Waals surface area contributed by atoms with Crippen molar-refractivity contribution in [3.63, 3.8) is 0 Å². The third-order valence-corrected chi connectivity index (χ3v) is 2.69. The van der Waals surface area contributed by atoms with E-state index in [-0.39, 0.29) is 0 Å². The second kappa shape index (κ2) is 4.96. The summed E-state index contributed by atoms with van der Waals surface area (Å²) in [5, 5.41) is 0. The fraction of sp³-hybridized carbons (Fsp3) is 0.364. The minimum absolute atomic E-state index is 0.823. The number of ether oxygens (including phenoxy) is 1. The fourth-order valence-electron chi connectivity index (χ4n) is 1.13. The smallest absolute Gasteiger partial charge is 0.138 e. The summed E-state index contributed by atoms with van der Waals surface area (Å²) in [4.78, 5) is 5.54. The van der Waals surface area contributed by atoms with E-state index in [0.717, 1.165) is 11.3 Å². The van der Waals surface area contributed by atoms with Crippen molar-refractivity contribution in [1.82, 2.24) is 4.98 Å². The molecule has 0 saturated heterocycles. The van der Waals surface area contributed by atoms with Gasteiger partial charge in [-0.1, -0.05) is 13.8 Å². The van der Waals surface area contributed by atoms with Gasteiger partial charge < -0.3 is 4.74 Å². The Bertz CT molecular complexity index is 409. The van der Waals surface area contributed by atoms with Crippen LogP contribution in [0.25, 0.3) is 10.2 Å². The first kappa shape index (κ1) is 11.0. The van der Waals surface area contributed by atoms with Crippen molar-refractivity contribution in [2.75, 3.05) is 7.11 Å². The van der Waals surface area contributed by atoms with Crippen molar-refractivity contribution in [2.45, 2.75) is 20.8 Å². The van der Waals surface area contributed by atoms with Crippen LogP contribution in [0, 0.1) is 6.92 Å². The first-order chi connectivity index (χ1) is 6.79. The monoisotopic (exact) mass is 209 g/mol. The minimum Gasteiger partial charge on any atom is -0.495 e. The van der Waals surface area contributed by atoms with Gasteiger partial charge in [0.1, 0.15) is 5.75 Å². The summed E-state index contributed by atoms with van der Waals surface area (Å²) in [7, 11) is 1.66. The zero-order valence-corrected chi connectivity index (χ0v) is 9.81. The van der Waals surface area contributed by atoms with E-state index in [9.17, 15) is 0 Å². The van der Waals surface area contributed by atoms with Crippen LogP contribution in [-0.2, 0) is 0 Å². The third-order valence-electron chi connectivity index (χ3n) is 1.70. The molecule has 0 aliphatic carbocycles. The van der Waals surface area contributed by atoms with Crippen molar-refractivity contribution in [3.8, 4) is 5.75 Å². The summed E-state index contributed by atoms with van der Waals surface area (Å²) in [6, 6.07) is 4.10. The standard InChI is InChI=1S/C9H9NOS.C2H6/c1-6-3-8-9(12-6)4-7(11-2)5-10-8;1-2/h3-5H,1-2H3;1-2H3. The number of pyridine rings is 1. The van der Waals surface area contributed by atoms with Crippen molar-refractivity contribution in [2.24, 2.45) is 0 Å². The van der Waals surface area contributed by atoms with Crippen LogP contribution in [0.4, 0.5) is 0 Å². The molecule has 0 spiro atoms. The van der Waals surface area contributed by atoms with E-state index in [1.807, 2.05) is 19.9 Å². The molecule has 0 bridgehead atoms. The zero-order chi connectivity index (χ0) is 10.6. The Morgan fingerprint density at radius 3 is 2.64 bits per heavy atom. The molecule has 0 N–H and O–H groups in total. The lowest BCUT2D eigenvalue weighted by atomic mass is 10.4. The third kappa shape index (κ3) is 2.23. The van der Waals surface area contributed by atoms with Gasteiger partial charge in [-0.15, -0.1) is 11.3 Å². The van der Waals surface area contributed by atoms with Gasteiger partial charge in [-0.25, -0.2) is 0 Å². The van der Waals surface area contributed by atoms with Crippen molar-refractivity contribution < 1.29 is 4.74 Å². The maximum atomic E-state index is 5.08. The quantitative estimate of drug-likeness (QED) is 0.715. The number of hydrogen-bond donors (Lipinski definition) is 0. The van der Waals surface area contributed by atoms with Gasteiger partial charge in [0.05, 0.1) is 23.5 Å². The topological polar surface area (TPSA) is 22.1 Å². The van der Waals surface area contributed by atoms with Crippen molar-refractivity contribution in [1.29, 1.82) is 0 Å². The van der Waals surface area contributed by atoms with E-state index < -0.39 is 0 Å². The molecule has 2 nitrogen and oxygen atoms in total. The molecule has 0 atom stereocenters. The molecule has 2 heterocycles. The van der Waals surface area contributed by atoms with E-state index in [1.165, 1.54) is 9.58 Å². The molecule has 14 heavy (non-hydrogen) atoms. The Balaban J connectivity index is 0.000000461. The second-order valence-electron chi connectivity index (χ2n) is 2.62. The van der Waals surface area contributed by atoms with Crippen LogP contribution < -0.4 is 4.74 Å². The summed E-state index contributed by atoms with van der Waals surface area (Å²) >= 11 is 1.74. The highest BCUT2D eigenvalue weighted by Crippen LogP contribution is 2.26. The highest BCUT2D eigenvalue weighted by atomic mass is 32.1. The first-order valence-electron chi connectivity index (χ1n) is 4.70. The highest BCUT2D eigenvalue weighted by Gasteiger charge is 2.00. The van der Waals surface area contributed by atoms with Gasteiger partial charge in [-0.3, -0.25) is 4.98 Å². The van der Waals surface area contributed by atoms with Crippen LogP contribution in [0.3, 0.4) is 0 Å². The molecule has 0 aromatic carbocycles. The summed E-state index contributed by atoms with van der Waals surface area (Å²) in [5.74, 6) is 0.823. The van der Waals surface area contributed by atoms with Crippen LogP contribution in [0.15, 0.2) is 18.3 Å². The molecule has 0 aliphatic heterocycles. The maximum Gasteiger partial charge on any atom is 0.138 e. The fourth-order valence-corrected chi connectivity index (χ4v) is 2.04. The number of thiophene rings is 1. The normalized spacial score (nSPS) is 9.43. The van der Waals surface area contributed by atoms with Gasteiger partial charge >= 0.3 is 0 Å². The molecule has 2 aromatic rings. The average molecular weight is 209 g/mol. The Labute approximate surface area is 88.6 Å². The van der Waals surface area contributed by atoms with Crippen LogP contribution in [-0.4, -0.2) is 12.1 Å². The van der Waals surface area contributed by atoms with Gasteiger partial charge in [0.2, 0.25) is 0 Å². The molecule has 0 saturated carbocycles. The lowest BCUT2D eigenvalue weighted by Crippen LogP contribution is -1.82. The van der Waals surface area contributed by atoms with Gasteiger partial charge in [0.25, 0.3) is 0 Å². The molecule has 0 unspecified atom stereocenters.